The van der Waals surface area contributed by atoms with Crippen LogP contribution in [0.15, 0.2) is 18.2 Å². The van der Waals surface area contributed by atoms with Crippen molar-refractivity contribution >= 4 is 18.1 Å². The molecule has 1 aromatic rings. The van der Waals surface area contributed by atoms with Gasteiger partial charge in [0.15, 0.2) is 0 Å². The number of piperidine rings is 1. The topological polar surface area (TPSA) is 35.5 Å². The summed E-state index contributed by atoms with van der Waals surface area (Å²) < 4.78 is 0. The molecule has 1 fully saturated rings. The normalized spacial score (nSPS) is 24.6. The lowest BCUT2D eigenvalue weighted by Gasteiger charge is -2.42. The zero-order valence-corrected chi connectivity index (χ0v) is 13.2. The van der Waals surface area contributed by atoms with Gasteiger partial charge in [-0.1, -0.05) is 32.0 Å². The van der Waals surface area contributed by atoms with Crippen LogP contribution in [0.5, 0.6) is 0 Å². The van der Waals surface area contributed by atoms with Crippen LogP contribution in [0.4, 0.5) is 5.69 Å². The predicted molar refractivity (Wildman–Crippen MR) is 85.6 cm³/mol. The summed E-state index contributed by atoms with van der Waals surface area (Å²) in [4.78, 5) is 2.47. The number of para-hydroxylation sites is 1. The van der Waals surface area contributed by atoms with Crippen molar-refractivity contribution in [1.29, 1.82) is 0 Å². The number of likely N-dealkylation sites (tertiary alicyclic amines) is 1. The first-order valence-electron chi connectivity index (χ1n) is 7.31. The molecular weight excluding hydrogens is 272 g/mol. The summed E-state index contributed by atoms with van der Waals surface area (Å²) in [5.41, 5.74) is 4.21. The van der Waals surface area contributed by atoms with Crippen molar-refractivity contribution in [2.45, 2.75) is 39.3 Å². The molecule has 3 nitrogen and oxygen atoms in total. The second-order valence-electron chi connectivity index (χ2n) is 6.63. The fraction of sp³-hybridized carbons (Fsp3) is 0.625. The number of nitrogens with zero attached hydrogens (tertiary/aromatic N) is 1. The van der Waals surface area contributed by atoms with E-state index in [1.54, 1.807) is 0 Å². The van der Waals surface area contributed by atoms with Gasteiger partial charge in [0.25, 0.3) is 0 Å². The molecule has 4 heteroatoms. The molecule has 1 aromatic carbocycles. The van der Waals surface area contributed by atoms with Gasteiger partial charge >= 0.3 is 0 Å². The van der Waals surface area contributed by atoms with Crippen molar-refractivity contribution in [2.75, 3.05) is 25.0 Å². The van der Waals surface area contributed by atoms with Gasteiger partial charge in [0.2, 0.25) is 0 Å². The highest BCUT2D eigenvalue weighted by Crippen LogP contribution is 2.32. The average Bonchev–Trinajstić information content (AvgIpc) is 2.83. The Bertz CT molecular complexity index is 476. The zero-order valence-electron chi connectivity index (χ0n) is 12.4. The number of nitrogens with one attached hydrogen (secondary N) is 1. The first-order chi connectivity index (χ1) is 9.06. The molecule has 0 amide bonds. The molecule has 2 aliphatic rings. The number of hydrogen-bond donors (Lipinski definition) is 2. The first kappa shape index (κ1) is 15.6. The van der Waals surface area contributed by atoms with Crippen LogP contribution in [-0.2, 0) is 13.0 Å². The number of halogens is 1. The Balaban J connectivity index is 0.00000147. The van der Waals surface area contributed by atoms with Crippen molar-refractivity contribution in [2.24, 2.45) is 5.41 Å². The van der Waals surface area contributed by atoms with E-state index >= 15 is 0 Å². The van der Waals surface area contributed by atoms with Crippen molar-refractivity contribution in [1.82, 2.24) is 4.90 Å². The molecule has 0 radical (unpaired) electrons. The maximum Gasteiger partial charge on any atom is 0.0615 e. The number of aliphatic hydroxyl groups excluding tert-OH is 1. The van der Waals surface area contributed by atoms with Gasteiger partial charge in [0, 0.05) is 37.3 Å². The lowest BCUT2D eigenvalue weighted by Crippen LogP contribution is -2.48. The SMILES string of the molecule is CC1(C)CN(Cc2cccc3c2NCC3)CCC1O.Cl. The molecule has 2 aliphatic heterocycles. The Kier molecular flexibility index (Phi) is 4.62. The van der Waals surface area contributed by atoms with E-state index in [9.17, 15) is 5.11 Å². The van der Waals surface area contributed by atoms with Crippen LogP contribution in [-0.4, -0.2) is 35.7 Å². The van der Waals surface area contributed by atoms with E-state index in [0.717, 1.165) is 39.0 Å². The van der Waals surface area contributed by atoms with Crippen LogP contribution >= 0.6 is 12.4 Å². The van der Waals surface area contributed by atoms with E-state index in [2.05, 4.69) is 42.3 Å². The summed E-state index contributed by atoms with van der Waals surface area (Å²) in [7, 11) is 0. The summed E-state index contributed by atoms with van der Waals surface area (Å²) in [6.45, 7) is 8.35. The third-order valence-corrected chi connectivity index (χ3v) is 4.58. The van der Waals surface area contributed by atoms with Gasteiger partial charge in [-0.3, -0.25) is 4.90 Å². The molecule has 0 aliphatic carbocycles. The van der Waals surface area contributed by atoms with Gasteiger partial charge in [-0.15, -0.1) is 12.4 Å². The van der Waals surface area contributed by atoms with E-state index in [4.69, 9.17) is 0 Å². The number of anilines is 1. The van der Waals surface area contributed by atoms with E-state index in [1.165, 1.54) is 16.8 Å². The molecule has 3 rings (SSSR count). The summed E-state index contributed by atoms with van der Waals surface area (Å²) >= 11 is 0. The van der Waals surface area contributed by atoms with Crippen molar-refractivity contribution < 1.29 is 5.11 Å². The number of benzene rings is 1. The number of aliphatic hydroxyl groups is 1. The Morgan fingerprint density at radius 3 is 2.95 bits per heavy atom. The van der Waals surface area contributed by atoms with Gasteiger partial charge in [-0.05, 0) is 24.0 Å². The standard InChI is InChI=1S/C16H24N2O.ClH/c1-16(2)11-18(9-7-14(16)19)10-13-5-3-4-12-6-8-17-15(12)13;/h3-5,14,17,19H,6-11H2,1-2H3;1H. The second kappa shape index (κ2) is 5.92. The summed E-state index contributed by atoms with van der Waals surface area (Å²) in [5, 5.41) is 13.5. The molecule has 1 atom stereocenters. The van der Waals surface area contributed by atoms with E-state index in [-0.39, 0.29) is 23.9 Å². The molecule has 20 heavy (non-hydrogen) atoms. The molecule has 1 unspecified atom stereocenters. The Labute approximate surface area is 127 Å². The molecule has 0 aromatic heterocycles. The van der Waals surface area contributed by atoms with Crippen molar-refractivity contribution in [3.8, 4) is 0 Å². The quantitative estimate of drug-likeness (QED) is 0.881. The summed E-state index contributed by atoms with van der Waals surface area (Å²) in [6, 6.07) is 6.63. The first-order valence-corrected chi connectivity index (χ1v) is 7.31. The Hall–Kier alpha value is -0.770. The highest BCUT2D eigenvalue weighted by Gasteiger charge is 2.34. The maximum atomic E-state index is 10.0. The molecule has 112 valence electrons. The fourth-order valence-corrected chi connectivity index (χ4v) is 3.37. The number of fused-ring (bicyclic) bond motifs is 1. The monoisotopic (exact) mass is 296 g/mol. The number of hydrogen-bond acceptors (Lipinski definition) is 3. The molecule has 0 bridgehead atoms. The van der Waals surface area contributed by atoms with Gasteiger partial charge in [0.05, 0.1) is 6.10 Å². The largest absolute Gasteiger partial charge is 0.392 e. The van der Waals surface area contributed by atoms with Crippen LogP contribution in [0.3, 0.4) is 0 Å². The van der Waals surface area contributed by atoms with E-state index in [1.807, 2.05) is 0 Å². The van der Waals surface area contributed by atoms with Gasteiger partial charge in [-0.25, -0.2) is 0 Å². The van der Waals surface area contributed by atoms with E-state index in [0.29, 0.717) is 0 Å². The van der Waals surface area contributed by atoms with Crippen molar-refractivity contribution in [3.63, 3.8) is 0 Å². The molecule has 2 heterocycles. The Morgan fingerprint density at radius 2 is 2.20 bits per heavy atom. The van der Waals surface area contributed by atoms with Crippen LogP contribution in [0.25, 0.3) is 0 Å². The summed E-state index contributed by atoms with van der Waals surface area (Å²) in [6.07, 6.45) is 1.87. The lowest BCUT2D eigenvalue weighted by atomic mass is 9.81. The molecule has 1 saturated heterocycles. The molecular formula is C16H25ClN2O. The lowest BCUT2D eigenvalue weighted by molar-refractivity contribution is -0.0269. The van der Waals surface area contributed by atoms with Crippen LogP contribution in [0.2, 0.25) is 0 Å². The van der Waals surface area contributed by atoms with Gasteiger partial charge in [0.1, 0.15) is 0 Å². The Morgan fingerprint density at radius 1 is 1.40 bits per heavy atom. The minimum atomic E-state index is -0.164. The van der Waals surface area contributed by atoms with Crippen LogP contribution in [0, 0.1) is 5.41 Å². The smallest absolute Gasteiger partial charge is 0.0615 e. The molecule has 2 N–H and O–H groups in total. The average molecular weight is 297 g/mol. The molecule has 0 spiro atoms. The highest BCUT2D eigenvalue weighted by atomic mass is 35.5. The van der Waals surface area contributed by atoms with Crippen LogP contribution < -0.4 is 5.32 Å². The highest BCUT2D eigenvalue weighted by molar-refractivity contribution is 5.85. The third-order valence-electron chi connectivity index (χ3n) is 4.58. The van der Waals surface area contributed by atoms with Gasteiger partial charge < -0.3 is 10.4 Å². The number of rotatable bonds is 2. The predicted octanol–water partition coefficient (Wildman–Crippen LogP) is 2.67. The van der Waals surface area contributed by atoms with E-state index < -0.39 is 0 Å². The van der Waals surface area contributed by atoms with Crippen LogP contribution in [0.1, 0.15) is 31.4 Å². The fourth-order valence-electron chi connectivity index (χ4n) is 3.37. The minimum absolute atomic E-state index is 0. The minimum Gasteiger partial charge on any atom is -0.392 e. The van der Waals surface area contributed by atoms with Gasteiger partial charge in [-0.2, -0.15) is 0 Å². The summed E-state index contributed by atoms with van der Waals surface area (Å²) in [5.74, 6) is 0. The second-order valence-corrected chi connectivity index (χ2v) is 6.63. The van der Waals surface area contributed by atoms with Crippen molar-refractivity contribution in [3.05, 3.63) is 29.3 Å². The zero-order chi connectivity index (χ0) is 13.5. The molecule has 0 saturated carbocycles. The maximum absolute atomic E-state index is 10.0. The third kappa shape index (κ3) is 2.95.